The monoisotopic (exact) mass is 353 g/mol. The predicted octanol–water partition coefficient (Wildman–Crippen LogP) is 3.38. The van der Waals surface area contributed by atoms with Gasteiger partial charge in [-0.1, -0.05) is 42.5 Å². The standard InChI is InChI=1S/C22H27NO3/c24-21(19-17-6-8-18(9-7-17)20(19)22(25)26)23-12-10-16(11-13-23)14-15-4-2-1-3-5-15/h1-6,8,16-20H,7,9-14H2,(H,25,26)/t17-,18-,19+,20-/m0/s1. The van der Waals surface area contributed by atoms with E-state index >= 15 is 0 Å². The molecular formula is C22H27NO3. The maximum Gasteiger partial charge on any atom is 0.307 e. The van der Waals surface area contributed by atoms with Gasteiger partial charge in [-0.05, 0) is 55.4 Å². The Hall–Kier alpha value is -2.10. The lowest BCUT2D eigenvalue weighted by molar-refractivity contribution is -0.157. The van der Waals surface area contributed by atoms with Crippen molar-refractivity contribution in [3.63, 3.8) is 0 Å². The van der Waals surface area contributed by atoms with Crippen molar-refractivity contribution in [2.24, 2.45) is 29.6 Å². The maximum absolute atomic E-state index is 13.2. The Bertz CT molecular complexity index is 691. The number of hydrogen-bond acceptors (Lipinski definition) is 2. The number of rotatable bonds is 4. The van der Waals surface area contributed by atoms with Crippen LogP contribution in [0.25, 0.3) is 0 Å². The Morgan fingerprint density at radius 1 is 0.923 bits per heavy atom. The molecule has 4 atom stereocenters. The number of nitrogens with zero attached hydrogens (tertiary/aromatic N) is 1. The number of hydrogen-bond donors (Lipinski definition) is 1. The molecule has 4 nitrogen and oxygen atoms in total. The first kappa shape index (κ1) is 17.3. The summed E-state index contributed by atoms with van der Waals surface area (Å²) in [6.07, 6.45) is 9.07. The van der Waals surface area contributed by atoms with Crippen molar-refractivity contribution in [1.29, 1.82) is 0 Å². The van der Waals surface area contributed by atoms with Crippen LogP contribution >= 0.6 is 0 Å². The number of carbonyl (C=O) groups excluding carboxylic acids is 1. The quantitative estimate of drug-likeness (QED) is 0.844. The number of amides is 1. The molecule has 1 saturated carbocycles. The van der Waals surface area contributed by atoms with Crippen LogP contribution in [-0.4, -0.2) is 35.0 Å². The van der Waals surface area contributed by atoms with Gasteiger partial charge in [0, 0.05) is 13.1 Å². The summed E-state index contributed by atoms with van der Waals surface area (Å²) < 4.78 is 0. The third-order valence-corrected chi connectivity index (χ3v) is 6.61. The Kier molecular flexibility index (Phi) is 4.84. The topological polar surface area (TPSA) is 57.6 Å². The van der Waals surface area contributed by atoms with Crippen molar-refractivity contribution < 1.29 is 14.7 Å². The van der Waals surface area contributed by atoms with Crippen LogP contribution in [-0.2, 0) is 16.0 Å². The van der Waals surface area contributed by atoms with Crippen molar-refractivity contribution >= 4 is 11.9 Å². The van der Waals surface area contributed by atoms with E-state index in [1.54, 1.807) is 0 Å². The second kappa shape index (κ2) is 7.26. The summed E-state index contributed by atoms with van der Waals surface area (Å²) in [5, 5.41) is 9.68. The van der Waals surface area contributed by atoms with Crippen LogP contribution in [0.15, 0.2) is 42.5 Å². The van der Waals surface area contributed by atoms with Crippen LogP contribution in [0, 0.1) is 29.6 Å². The van der Waals surface area contributed by atoms with Crippen molar-refractivity contribution in [3.05, 3.63) is 48.0 Å². The van der Waals surface area contributed by atoms with E-state index in [0.717, 1.165) is 45.2 Å². The highest BCUT2D eigenvalue weighted by Gasteiger charge is 2.49. The van der Waals surface area contributed by atoms with E-state index in [4.69, 9.17) is 0 Å². The van der Waals surface area contributed by atoms with E-state index in [-0.39, 0.29) is 23.7 Å². The molecule has 0 spiro atoms. The Morgan fingerprint density at radius 3 is 2.12 bits per heavy atom. The third-order valence-electron chi connectivity index (χ3n) is 6.61. The molecule has 1 heterocycles. The number of fused-ring (bicyclic) bond motifs is 2. The lowest BCUT2D eigenvalue weighted by atomic mass is 9.61. The van der Waals surface area contributed by atoms with E-state index in [9.17, 15) is 14.7 Å². The number of carbonyl (C=O) groups is 2. The van der Waals surface area contributed by atoms with E-state index in [1.807, 2.05) is 17.0 Å². The Labute approximate surface area is 154 Å². The summed E-state index contributed by atoms with van der Waals surface area (Å²) >= 11 is 0. The van der Waals surface area contributed by atoms with Gasteiger partial charge in [-0.25, -0.2) is 0 Å². The lowest BCUT2D eigenvalue weighted by Gasteiger charge is -2.44. The zero-order valence-electron chi connectivity index (χ0n) is 15.1. The van der Waals surface area contributed by atoms with Gasteiger partial charge in [0.05, 0.1) is 11.8 Å². The second-order valence-electron chi connectivity index (χ2n) is 8.14. The number of benzene rings is 1. The minimum Gasteiger partial charge on any atom is -0.481 e. The fraction of sp³-hybridized carbons (Fsp3) is 0.545. The lowest BCUT2D eigenvalue weighted by Crippen LogP contribution is -2.51. The van der Waals surface area contributed by atoms with E-state index < -0.39 is 11.9 Å². The fourth-order valence-corrected chi connectivity index (χ4v) is 5.18. The van der Waals surface area contributed by atoms with Gasteiger partial charge in [0.2, 0.25) is 5.91 Å². The Balaban J connectivity index is 1.39. The number of carboxylic acids is 1. The Morgan fingerprint density at radius 2 is 1.54 bits per heavy atom. The summed E-state index contributed by atoms with van der Waals surface area (Å²) in [4.78, 5) is 26.9. The molecule has 0 aromatic heterocycles. The molecule has 1 N–H and O–H groups in total. The number of likely N-dealkylation sites (tertiary alicyclic amines) is 1. The first-order valence-electron chi connectivity index (χ1n) is 9.87. The SMILES string of the molecule is O=C(O)[C@@H]1[C@H](C(=O)N2CCC(Cc3ccccc3)CC2)[C@H]2C=C[C@H]1CC2. The molecule has 1 aromatic carbocycles. The number of piperidine rings is 1. The minimum atomic E-state index is -0.804. The van der Waals surface area contributed by atoms with Crippen LogP contribution in [0.4, 0.5) is 0 Å². The molecule has 0 unspecified atom stereocenters. The van der Waals surface area contributed by atoms with Gasteiger partial charge < -0.3 is 10.0 Å². The van der Waals surface area contributed by atoms with Gasteiger partial charge in [-0.2, -0.15) is 0 Å². The van der Waals surface area contributed by atoms with Crippen molar-refractivity contribution in [2.75, 3.05) is 13.1 Å². The van der Waals surface area contributed by atoms with Gasteiger partial charge in [0.25, 0.3) is 0 Å². The molecule has 4 aliphatic rings. The van der Waals surface area contributed by atoms with Crippen LogP contribution in [0.1, 0.15) is 31.2 Å². The van der Waals surface area contributed by atoms with Gasteiger partial charge >= 0.3 is 5.97 Å². The number of aliphatic carboxylic acids is 1. The highest BCUT2D eigenvalue weighted by molar-refractivity contribution is 5.86. The van der Waals surface area contributed by atoms with Crippen molar-refractivity contribution in [2.45, 2.75) is 32.1 Å². The maximum atomic E-state index is 13.2. The summed E-state index contributed by atoms with van der Waals surface area (Å²) in [6.45, 7) is 1.53. The minimum absolute atomic E-state index is 0.0297. The van der Waals surface area contributed by atoms with Crippen LogP contribution in [0.3, 0.4) is 0 Å². The smallest absolute Gasteiger partial charge is 0.307 e. The third kappa shape index (κ3) is 3.29. The van der Waals surface area contributed by atoms with E-state index in [1.165, 1.54) is 5.56 Å². The molecular weight excluding hydrogens is 326 g/mol. The molecule has 26 heavy (non-hydrogen) atoms. The number of allylic oxidation sites excluding steroid dienone is 2. The zero-order chi connectivity index (χ0) is 18.1. The molecule has 3 aliphatic carbocycles. The normalized spacial score (nSPS) is 31.2. The predicted molar refractivity (Wildman–Crippen MR) is 99.4 cm³/mol. The average molecular weight is 353 g/mol. The first-order valence-corrected chi connectivity index (χ1v) is 9.87. The molecule has 138 valence electrons. The molecule has 0 radical (unpaired) electrons. The average Bonchev–Trinajstić information content (AvgIpc) is 2.69. The second-order valence-corrected chi connectivity index (χ2v) is 8.14. The summed E-state index contributed by atoms with van der Waals surface area (Å²) in [7, 11) is 0. The largest absolute Gasteiger partial charge is 0.481 e. The zero-order valence-corrected chi connectivity index (χ0v) is 15.1. The van der Waals surface area contributed by atoms with Crippen LogP contribution in [0.2, 0.25) is 0 Å². The highest BCUT2D eigenvalue weighted by atomic mass is 16.4. The molecule has 1 amide bonds. The van der Waals surface area contributed by atoms with Gasteiger partial charge in [0.1, 0.15) is 0 Å². The van der Waals surface area contributed by atoms with Gasteiger partial charge in [-0.3, -0.25) is 9.59 Å². The fourth-order valence-electron chi connectivity index (χ4n) is 5.18. The number of carboxylic acid groups (broad SMARTS) is 1. The van der Waals surface area contributed by atoms with Crippen molar-refractivity contribution in [1.82, 2.24) is 4.90 Å². The highest BCUT2D eigenvalue weighted by Crippen LogP contribution is 2.46. The molecule has 1 saturated heterocycles. The van der Waals surface area contributed by atoms with Crippen LogP contribution < -0.4 is 0 Å². The van der Waals surface area contributed by atoms with Gasteiger partial charge in [0.15, 0.2) is 0 Å². The first-order chi connectivity index (χ1) is 12.6. The molecule has 1 aromatic rings. The van der Waals surface area contributed by atoms with Gasteiger partial charge in [-0.15, -0.1) is 0 Å². The van der Waals surface area contributed by atoms with Crippen molar-refractivity contribution in [3.8, 4) is 0 Å². The van der Waals surface area contributed by atoms with E-state index in [0.29, 0.717) is 5.92 Å². The van der Waals surface area contributed by atoms with Crippen LogP contribution in [0.5, 0.6) is 0 Å². The van der Waals surface area contributed by atoms with E-state index in [2.05, 4.69) is 30.3 Å². The molecule has 2 bridgehead atoms. The molecule has 2 fully saturated rings. The molecule has 5 rings (SSSR count). The molecule has 4 heteroatoms. The summed E-state index contributed by atoms with van der Waals surface area (Å²) in [5.74, 6) is -0.872. The summed E-state index contributed by atoms with van der Waals surface area (Å²) in [5.41, 5.74) is 1.36. The molecule has 1 aliphatic heterocycles. The summed E-state index contributed by atoms with van der Waals surface area (Å²) in [6, 6.07) is 10.5.